The molecule has 1 aromatic rings. The van der Waals surface area contributed by atoms with Gasteiger partial charge in [0.1, 0.15) is 17.9 Å². The van der Waals surface area contributed by atoms with Crippen LogP contribution in [0.5, 0.6) is 0 Å². The maximum Gasteiger partial charge on any atom is 0.329 e. The zero-order valence-electron chi connectivity index (χ0n) is 18.5. The molecule has 0 saturated carbocycles. The Kier molecular flexibility index (Phi) is 7.46. The van der Waals surface area contributed by atoms with Gasteiger partial charge in [0, 0.05) is 18.9 Å². The fourth-order valence-corrected chi connectivity index (χ4v) is 4.34. The minimum Gasteiger partial charge on any atom is -0.461 e. The number of esters is 1. The monoisotopic (exact) mass is 428 g/mol. The summed E-state index contributed by atoms with van der Waals surface area (Å²) >= 11 is 0. The van der Waals surface area contributed by atoms with Crippen molar-refractivity contribution in [1.29, 1.82) is 0 Å². The molecule has 2 aliphatic rings. The van der Waals surface area contributed by atoms with Crippen LogP contribution in [0.25, 0.3) is 0 Å². The Hall–Kier alpha value is -2.70. The number of hydrogen-bond donors (Lipinski definition) is 1. The van der Waals surface area contributed by atoms with Gasteiger partial charge in [-0.1, -0.05) is 37.3 Å². The highest BCUT2D eigenvalue weighted by atomic mass is 16.5. The third-order valence-electron chi connectivity index (χ3n) is 6.33. The summed E-state index contributed by atoms with van der Waals surface area (Å²) in [7, 11) is 0. The summed E-state index contributed by atoms with van der Waals surface area (Å²) in [6.07, 6.45) is 2.26. The van der Waals surface area contributed by atoms with Gasteiger partial charge in [0.15, 0.2) is 0 Å². The van der Waals surface area contributed by atoms with E-state index >= 15 is 0 Å². The first kappa shape index (κ1) is 23.0. The van der Waals surface area contributed by atoms with Crippen LogP contribution in [0, 0.1) is 11.8 Å². The normalized spacial score (nSPS) is 30.9. The molecule has 5 unspecified atom stereocenters. The van der Waals surface area contributed by atoms with Crippen molar-refractivity contribution >= 4 is 23.6 Å². The fraction of sp³-hybridized carbons (Fsp3) is 0.583. The second kappa shape index (κ2) is 10.1. The van der Waals surface area contributed by atoms with Crippen LogP contribution in [0.2, 0.25) is 0 Å². The van der Waals surface area contributed by atoms with Crippen LogP contribution in [-0.2, 0) is 30.3 Å². The van der Waals surface area contributed by atoms with E-state index in [1.54, 1.807) is 20.8 Å². The molecule has 2 amide bonds. The van der Waals surface area contributed by atoms with Gasteiger partial charge in [0.2, 0.25) is 11.8 Å². The van der Waals surface area contributed by atoms with Crippen LogP contribution in [-0.4, -0.2) is 53.2 Å². The summed E-state index contributed by atoms with van der Waals surface area (Å²) in [4.78, 5) is 53.4. The second-order valence-corrected chi connectivity index (χ2v) is 8.79. The lowest BCUT2D eigenvalue weighted by Gasteiger charge is -2.30. The number of ketones is 1. The Morgan fingerprint density at radius 3 is 2.42 bits per heavy atom. The number of Topliss-reactive ketones (excluding diaryl/α,β-unsaturated/α-hetero) is 1. The molecule has 7 nitrogen and oxygen atoms in total. The van der Waals surface area contributed by atoms with E-state index in [4.69, 9.17) is 4.74 Å². The first-order valence-electron chi connectivity index (χ1n) is 11.2. The minimum absolute atomic E-state index is 0.168. The predicted octanol–water partition coefficient (Wildman–Crippen LogP) is 2.27. The van der Waals surface area contributed by atoms with Gasteiger partial charge in [0.25, 0.3) is 0 Å². The summed E-state index contributed by atoms with van der Waals surface area (Å²) in [5, 5.41) is 2.80. The van der Waals surface area contributed by atoms with Crippen molar-refractivity contribution in [3.05, 3.63) is 35.9 Å². The van der Waals surface area contributed by atoms with E-state index < -0.39 is 29.9 Å². The van der Waals surface area contributed by atoms with E-state index in [1.807, 2.05) is 30.3 Å². The van der Waals surface area contributed by atoms with Crippen LogP contribution in [0.15, 0.2) is 30.3 Å². The molecule has 168 valence electrons. The number of fused-ring (bicyclic) bond motifs is 1. The molecule has 0 radical (unpaired) electrons. The van der Waals surface area contributed by atoms with E-state index in [9.17, 15) is 19.2 Å². The highest BCUT2D eigenvalue weighted by Gasteiger charge is 2.40. The number of carbonyl (C=O) groups is 4. The molecule has 2 heterocycles. The lowest BCUT2D eigenvalue weighted by atomic mass is 9.90. The molecule has 7 heteroatoms. The number of nitrogens with one attached hydrogen (secondary N) is 1. The van der Waals surface area contributed by atoms with E-state index in [0.717, 1.165) is 5.56 Å². The van der Waals surface area contributed by atoms with Crippen LogP contribution in [0.4, 0.5) is 0 Å². The maximum absolute atomic E-state index is 13.4. The molecule has 1 aromatic carbocycles. The van der Waals surface area contributed by atoms with E-state index in [1.165, 1.54) is 4.90 Å². The summed E-state index contributed by atoms with van der Waals surface area (Å²) in [6, 6.07) is 7.91. The molecule has 0 spiro atoms. The molecule has 2 aliphatic heterocycles. The van der Waals surface area contributed by atoms with Gasteiger partial charge in [-0.25, -0.2) is 4.79 Å². The number of benzene rings is 1. The SMILES string of the molecule is CC1CCC(C)C(=O)C(C)C(=O)NC(Cc2ccccc2)C(=O)N2CCCC2C(=O)O1. The van der Waals surface area contributed by atoms with Gasteiger partial charge in [-0.15, -0.1) is 0 Å². The van der Waals surface area contributed by atoms with Crippen molar-refractivity contribution in [1.82, 2.24) is 10.2 Å². The van der Waals surface area contributed by atoms with E-state index in [2.05, 4.69) is 5.32 Å². The van der Waals surface area contributed by atoms with Crippen molar-refractivity contribution in [2.75, 3.05) is 6.54 Å². The van der Waals surface area contributed by atoms with Gasteiger partial charge in [-0.3, -0.25) is 14.4 Å². The molecule has 31 heavy (non-hydrogen) atoms. The number of nitrogens with zero attached hydrogens (tertiary/aromatic N) is 1. The van der Waals surface area contributed by atoms with Crippen LogP contribution < -0.4 is 5.32 Å². The average molecular weight is 429 g/mol. The largest absolute Gasteiger partial charge is 0.461 e. The van der Waals surface area contributed by atoms with Gasteiger partial charge >= 0.3 is 5.97 Å². The van der Waals surface area contributed by atoms with E-state index in [-0.39, 0.29) is 30.1 Å². The minimum atomic E-state index is -0.853. The second-order valence-electron chi connectivity index (χ2n) is 8.79. The smallest absolute Gasteiger partial charge is 0.329 e. The molecule has 0 bridgehead atoms. The first-order chi connectivity index (χ1) is 14.8. The standard InChI is InChI=1S/C24H32N2O5/c1-15-11-12-16(2)31-24(30)20-10-7-13-26(20)23(29)19(14-18-8-5-4-6-9-18)25-22(28)17(3)21(15)27/h4-6,8-9,15-17,19-20H,7,10-14H2,1-3H3,(H,25,28). The third kappa shape index (κ3) is 5.51. The number of hydrogen-bond acceptors (Lipinski definition) is 5. The lowest BCUT2D eigenvalue weighted by molar-refractivity contribution is -0.158. The quantitative estimate of drug-likeness (QED) is 0.576. The van der Waals surface area contributed by atoms with Crippen molar-refractivity contribution in [2.24, 2.45) is 11.8 Å². The Bertz CT molecular complexity index is 825. The lowest BCUT2D eigenvalue weighted by Crippen LogP contribution is -2.54. The molecular formula is C24H32N2O5. The Labute approximate surface area is 183 Å². The Balaban J connectivity index is 1.91. The van der Waals surface area contributed by atoms with Gasteiger partial charge in [0.05, 0.1) is 12.0 Å². The van der Waals surface area contributed by atoms with Crippen LogP contribution in [0.1, 0.15) is 52.0 Å². The predicted molar refractivity (Wildman–Crippen MR) is 115 cm³/mol. The number of carbonyl (C=O) groups excluding carboxylic acids is 4. The summed E-state index contributed by atoms with van der Waals surface area (Å²) in [6.45, 7) is 5.63. The van der Waals surface area contributed by atoms with Gasteiger partial charge in [-0.05, 0) is 45.1 Å². The molecule has 3 rings (SSSR count). The van der Waals surface area contributed by atoms with Gasteiger partial charge in [-0.2, -0.15) is 0 Å². The zero-order chi connectivity index (χ0) is 22.5. The van der Waals surface area contributed by atoms with Crippen molar-refractivity contribution in [3.8, 4) is 0 Å². The third-order valence-corrected chi connectivity index (χ3v) is 6.33. The highest BCUT2D eigenvalue weighted by molar-refractivity contribution is 6.03. The van der Waals surface area contributed by atoms with Crippen molar-refractivity contribution < 1.29 is 23.9 Å². The molecule has 1 N–H and O–H groups in total. The zero-order valence-corrected chi connectivity index (χ0v) is 18.5. The molecule has 2 saturated heterocycles. The molecule has 2 fully saturated rings. The molecular weight excluding hydrogens is 396 g/mol. The number of rotatable bonds is 2. The summed E-state index contributed by atoms with van der Waals surface area (Å²) in [5.41, 5.74) is 0.890. The first-order valence-corrected chi connectivity index (χ1v) is 11.2. The van der Waals surface area contributed by atoms with Crippen molar-refractivity contribution in [3.63, 3.8) is 0 Å². The summed E-state index contributed by atoms with van der Waals surface area (Å²) < 4.78 is 5.61. The molecule has 5 atom stereocenters. The van der Waals surface area contributed by atoms with Crippen LogP contribution >= 0.6 is 0 Å². The maximum atomic E-state index is 13.4. The molecule has 0 aromatic heterocycles. The Morgan fingerprint density at radius 2 is 1.71 bits per heavy atom. The van der Waals surface area contributed by atoms with Crippen LogP contribution in [0.3, 0.4) is 0 Å². The average Bonchev–Trinajstić information content (AvgIpc) is 3.25. The van der Waals surface area contributed by atoms with E-state index in [0.29, 0.717) is 32.2 Å². The topological polar surface area (TPSA) is 92.8 Å². The number of amides is 2. The fourth-order valence-electron chi connectivity index (χ4n) is 4.34. The number of cyclic esters (lactones) is 1. The van der Waals surface area contributed by atoms with Gasteiger partial charge < -0.3 is 15.0 Å². The molecule has 0 aliphatic carbocycles. The number of ether oxygens (including phenoxy) is 1. The highest BCUT2D eigenvalue weighted by Crippen LogP contribution is 2.23. The summed E-state index contributed by atoms with van der Waals surface area (Å²) in [5.74, 6) is -2.53. The van der Waals surface area contributed by atoms with Crippen molar-refractivity contribution in [2.45, 2.75) is 71.1 Å². The Morgan fingerprint density at radius 1 is 1.00 bits per heavy atom.